The summed E-state index contributed by atoms with van der Waals surface area (Å²) in [6.45, 7) is 15.6. The maximum atomic E-state index is 6.65. The van der Waals surface area contributed by atoms with Gasteiger partial charge in [-0.3, -0.25) is 4.98 Å². The second kappa shape index (κ2) is 19.4. The summed E-state index contributed by atoms with van der Waals surface area (Å²) in [5, 5.41) is 1.98. The Morgan fingerprint density at radius 2 is 1.42 bits per heavy atom. The first-order valence-corrected chi connectivity index (χ1v) is 30.4. The number of fused-ring (bicyclic) bond motifs is 4. The van der Waals surface area contributed by atoms with Crippen LogP contribution in [-0.2, 0) is 31.9 Å². The molecule has 10 rings (SSSR count). The number of aryl methyl sites for hydroxylation is 2. The van der Waals surface area contributed by atoms with Crippen molar-refractivity contribution >= 4 is 50.8 Å². The van der Waals surface area contributed by atoms with E-state index in [0.29, 0.717) is 11.6 Å². The van der Waals surface area contributed by atoms with Crippen molar-refractivity contribution in [3.05, 3.63) is 186 Å². The van der Waals surface area contributed by atoms with Crippen LogP contribution in [0.3, 0.4) is 0 Å². The molecule has 0 fully saturated rings. The van der Waals surface area contributed by atoms with E-state index in [1.165, 1.54) is 33.4 Å². The Hall–Kier alpha value is -5.92. The van der Waals surface area contributed by atoms with E-state index in [0.717, 1.165) is 73.4 Å². The van der Waals surface area contributed by atoms with E-state index in [2.05, 4.69) is 204 Å². The molecular formula is C60H58GeIrN4O-2. The predicted molar refractivity (Wildman–Crippen MR) is 279 cm³/mol. The third kappa shape index (κ3) is 9.76. The molecule has 5 nitrogen and oxygen atoms in total. The van der Waals surface area contributed by atoms with E-state index in [4.69, 9.17) is 19.4 Å². The summed E-state index contributed by atoms with van der Waals surface area (Å²) in [5.41, 5.74) is 16.8. The number of aromatic nitrogens is 4. The Morgan fingerprint density at radius 3 is 2.12 bits per heavy atom. The zero-order valence-electron chi connectivity index (χ0n) is 40.2. The van der Waals surface area contributed by atoms with Gasteiger partial charge in [0.25, 0.3) is 0 Å². The molecule has 339 valence electrons. The molecule has 0 saturated carbocycles. The molecule has 4 heterocycles. The maximum absolute atomic E-state index is 6.65. The van der Waals surface area contributed by atoms with Crippen LogP contribution in [0.25, 0.3) is 83.8 Å². The van der Waals surface area contributed by atoms with Gasteiger partial charge in [0.1, 0.15) is 0 Å². The van der Waals surface area contributed by atoms with Gasteiger partial charge in [-0.25, -0.2) is 4.98 Å². The van der Waals surface area contributed by atoms with Crippen molar-refractivity contribution < 1.29 is 24.5 Å². The average Bonchev–Trinajstić information content (AvgIpc) is 3.87. The molecular weight excluding hydrogens is 1060 g/mol. The number of benzene rings is 6. The van der Waals surface area contributed by atoms with Crippen molar-refractivity contribution in [2.75, 3.05) is 0 Å². The van der Waals surface area contributed by atoms with Gasteiger partial charge in [-0.05, 0) is 83.5 Å². The molecule has 1 radical (unpaired) electrons. The fourth-order valence-corrected chi connectivity index (χ4v) is 12.5. The van der Waals surface area contributed by atoms with Gasteiger partial charge in [0.2, 0.25) is 5.71 Å². The van der Waals surface area contributed by atoms with Gasteiger partial charge in [0.15, 0.2) is 0 Å². The van der Waals surface area contributed by atoms with Crippen LogP contribution in [0.5, 0.6) is 0 Å². The monoisotopic (exact) mass is 1120 g/mol. The van der Waals surface area contributed by atoms with Gasteiger partial charge in [-0.15, -0.1) is 18.2 Å². The van der Waals surface area contributed by atoms with E-state index in [1.807, 2.05) is 30.3 Å². The molecule has 7 heteroatoms. The molecule has 0 unspecified atom stereocenters. The van der Waals surface area contributed by atoms with Crippen LogP contribution in [0, 0.1) is 31.9 Å². The zero-order valence-corrected chi connectivity index (χ0v) is 44.7. The molecule has 6 aromatic carbocycles. The van der Waals surface area contributed by atoms with Gasteiger partial charge in [0, 0.05) is 36.7 Å². The minimum Gasteiger partial charge on any atom is -0.486 e. The second-order valence-corrected chi connectivity index (χ2v) is 30.5. The zero-order chi connectivity index (χ0) is 46.3. The van der Waals surface area contributed by atoms with E-state index >= 15 is 0 Å². The third-order valence-corrected chi connectivity index (χ3v) is 16.7. The van der Waals surface area contributed by atoms with Gasteiger partial charge >= 0.3 is 126 Å². The fraction of sp³-hybridized carbons (Fsp3) is 0.217. The topological polar surface area (TPSA) is 56.7 Å². The summed E-state index contributed by atoms with van der Waals surface area (Å²) >= 11 is -1.86. The molecule has 0 atom stereocenters. The van der Waals surface area contributed by atoms with Gasteiger partial charge in [-0.1, -0.05) is 98.5 Å². The van der Waals surface area contributed by atoms with Gasteiger partial charge in [0.05, 0.1) is 28.1 Å². The van der Waals surface area contributed by atoms with Crippen molar-refractivity contribution in [3.63, 3.8) is 0 Å². The first-order chi connectivity index (χ1) is 31.7. The summed E-state index contributed by atoms with van der Waals surface area (Å²) in [7, 11) is 0. The van der Waals surface area contributed by atoms with E-state index in [-0.39, 0.29) is 25.5 Å². The molecule has 0 aliphatic rings. The van der Waals surface area contributed by atoms with Gasteiger partial charge < -0.3 is 8.98 Å². The van der Waals surface area contributed by atoms with Crippen LogP contribution in [0.15, 0.2) is 156 Å². The van der Waals surface area contributed by atoms with Crippen LogP contribution in [0.4, 0.5) is 0 Å². The largest absolute Gasteiger partial charge is 0.486 e. The standard InChI is InChI=1S/C42H34N3O.C18H24GeN.Ir/c1-26-13-11-14-27(2)38(26)35-23-22-31-30-17-12-18-32(39(30)46-41(31)44-35)40-43-34-19-9-10-20-37(34)45(40)36-24-21-29(25-33(36)42(3,4)5)28-15-7-6-8-16-28;1-14(2)11-16-12-18(15-9-7-6-8-10-15)20-13-17(16)19(3,4)5;/h6-17,19-25H,1-5H3;6-9,12-14H,11H2,1-5H3;/q2*-1;. The summed E-state index contributed by atoms with van der Waals surface area (Å²) < 4.78 is 10.5. The summed E-state index contributed by atoms with van der Waals surface area (Å²) in [4.78, 5) is 15.0. The molecule has 67 heavy (non-hydrogen) atoms. The number of imidazole rings is 1. The van der Waals surface area contributed by atoms with Crippen molar-refractivity contribution in [1.82, 2.24) is 19.5 Å². The average molecular weight is 1120 g/mol. The Labute approximate surface area is 412 Å². The van der Waals surface area contributed by atoms with Crippen LogP contribution < -0.4 is 4.40 Å². The number of furan rings is 1. The number of hydrogen-bond donors (Lipinski definition) is 0. The Balaban J connectivity index is 0.000000244. The van der Waals surface area contributed by atoms with Gasteiger partial charge in [-0.2, -0.15) is 0 Å². The number of para-hydroxylation sites is 2. The molecule has 0 amide bonds. The third-order valence-electron chi connectivity index (χ3n) is 12.4. The van der Waals surface area contributed by atoms with E-state index in [9.17, 15) is 0 Å². The van der Waals surface area contributed by atoms with Crippen LogP contribution in [0.2, 0.25) is 17.3 Å². The van der Waals surface area contributed by atoms with Crippen molar-refractivity contribution in [3.8, 4) is 50.7 Å². The quantitative estimate of drug-likeness (QED) is 0.112. The predicted octanol–water partition coefficient (Wildman–Crippen LogP) is 15.3. The van der Waals surface area contributed by atoms with Crippen molar-refractivity contribution in [2.45, 2.75) is 77.6 Å². The minimum atomic E-state index is -1.86. The number of pyridine rings is 2. The number of rotatable bonds is 8. The first-order valence-electron chi connectivity index (χ1n) is 23.1. The van der Waals surface area contributed by atoms with E-state index < -0.39 is 13.3 Å². The molecule has 0 N–H and O–H groups in total. The summed E-state index contributed by atoms with van der Waals surface area (Å²) in [5.74, 6) is 8.78. The SMILES string of the molecule is CC(C)Cc1cc(-c2[c-]cccc2)nc[c]1[Ge]([CH3])([CH3])[CH3].Cc1cccc(C)c1-c1ccc2c(n1)oc1c(-c3nc4ccccc4n3-c3ccc(-c4ccccc4)cc3C(C)(C)C)[c-]ccc12.[Ir]. The van der Waals surface area contributed by atoms with Crippen molar-refractivity contribution in [1.29, 1.82) is 0 Å². The molecule has 0 aliphatic carbocycles. The summed E-state index contributed by atoms with van der Waals surface area (Å²) in [6.07, 6.45) is 3.27. The Morgan fingerprint density at radius 1 is 0.687 bits per heavy atom. The first kappa shape index (κ1) is 47.6. The molecule has 0 saturated heterocycles. The molecule has 4 aromatic heterocycles. The second-order valence-electron chi connectivity index (χ2n) is 20.0. The van der Waals surface area contributed by atoms with Crippen LogP contribution >= 0.6 is 0 Å². The number of nitrogens with zero attached hydrogens (tertiary/aromatic N) is 4. The van der Waals surface area contributed by atoms with E-state index in [1.54, 1.807) is 4.40 Å². The maximum Gasteiger partial charge on any atom is 0.216 e. The molecule has 0 bridgehead atoms. The molecule has 10 aromatic rings. The normalized spacial score (nSPS) is 11.8. The number of hydrogen-bond acceptors (Lipinski definition) is 4. The Kier molecular flexibility index (Phi) is 13.7. The molecule has 0 aliphatic heterocycles. The van der Waals surface area contributed by atoms with Crippen LogP contribution in [0.1, 0.15) is 56.9 Å². The fourth-order valence-electron chi connectivity index (χ4n) is 9.21. The summed E-state index contributed by atoms with van der Waals surface area (Å²) in [6, 6.07) is 57.4. The molecule has 0 spiro atoms. The minimum absolute atomic E-state index is 0. The smallest absolute Gasteiger partial charge is 0.216 e. The van der Waals surface area contributed by atoms with Crippen molar-refractivity contribution in [2.24, 2.45) is 5.92 Å². The van der Waals surface area contributed by atoms with Crippen LogP contribution in [-0.4, -0.2) is 32.8 Å². The Bertz CT molecular complexity index is 3340.